The van der Waals surface area contributed by atoms with Gasteiger partial charge in [0.25, 0.3) is 0 Å². The van der Waals surface area contributed by atoms with E-state index in [0.717, 1.165) is 19.3 Å². The molecular formula is C23H35FO4. The van der Waals surface area contributed by atoms with Crippen LogP contribution in [0, 0.1) is 28.6 Å². The van der Waals surface area contributed by atoms with E-state index in [1.54, 1.807) is 6.08 Å². The molecule has 0 aromatic rings. The molecule has 0 heterocycles. The molecular weight excluding hydrogens is 359 g/mol. The summed E-state index contributed by atoms with van der Waals surface area (Å²) in [6, 6.07) is 0. The Kier molecular flexibility index (Phi) is 4.56. The van der Waals surface area contributed by atoms with Crippen molar-refractivity contribution < 1.29 is 24.1 Å². The molecule has 2 N–H and O–H groups in total. The summed E-state index contributed by atoms with van der Waals surface area (Å²) in [5.41, 5.74) is -3.12. The molecule has 0 radical (unpaired) electrons. The maximum absolute atomic E-state index is 15.6. The lowest BCUT2D eigenvalue weighted by atomic mass is 9.42. The number of carbonyl (C=O) groups excluding carboxylic acids is 1. The number of hydrogen-bond donors (Lipinski definition) is 2. The Morgan fingerprint density at radius 3 is 2.36 bits per heavy atom. The zero-order valence-corrected chi connectivity index (χ0v) is 17.4. The number of halogens is 1. The molecule has 9 atom stereocenters. The number of carbonyl (C=O) groups is 1. The first kappa shape index (κ1) is 20.3. The minimum absolute atomic E-state index is 0.165. The smallest absolute Gasteiger partial charge is 0.302 e. The van der Waals surface area contributed by atoms with E-state index in [-0.39, 0.29) is 35.6 Å². The van der Waals surface area contributed by atoms with Crippen molar-refractivity contribution in [3.63, 3.8) is 0 Å². The van der Waals surface area contributed by atoms with E-state index in [1.165, 1.54) is 6.92 Å². The Morgan fingerprint density at radius 2 is 1.71 bits per heavy atom. The van der Waals surface area contributed by atoms with Gasteiger partial charge in [0, 0.05) is 24.2 Å². The fourth-order valence-corrected chi connectivity index (χ4v) is 7.91. The zero-order valence-electron chi connectivity index (χ0n) is 17.4. The summed E-state index contributed by atoms with van der Waals surface area (Å²) in [5.74, 6) is 0.274. The number of fused-ring (bicyclic) bond motifs is 5. The highest BCUT2D eigenvalue weighted by atomic mass is 19.1. The number of hydrogen-bond acceptors (Lipinski definition) is 4. The first-order valence-corrected chi connectivity index (χ1v) is 10.9. The minimum Gasteiger partial charge on any atom is -0.462 e. The minimum atomic E-state index is -1.45. The van der Waals surface area contributed by atoms with Gasteiger partial charge in [-0.15, -0.1) is 6.58 Å². The van der Waals surface area contributed by atoms with Gasteiger partial charge >= 0.3 is 5.97 Å². The summed E-state index contributed by atoms with van der Waals surface area (Å²) in [6.07, 6.45) is 5.15. The normalized spacial score (nSPS) is 55.6. The summed E-state index contributed by atoms with van der Waals surface area (Å²) >= 11 is 0. The average Bonchev–Trinajstić information content (AvgIpc) is 2.89. The number of aliphatic hydroxyl groups is 2. The molecule has 4 saturated carbocycles. The van der Waals surface area contributed by atoms with Crippen LogP contribution < -0.4 is 0 Å². The average molecular weight is 395 g/mol. The lowest BCUT2D eigenvalue weighted by molar-refractivity contribution is -0.254. The number of rotatable bonds is 2. The fourth-order valence-electron chi connectivity index (χ4n) is 7.91. The number of alkyl halides is 1. The molecule has 158 valence electrons. The molecule has 4 aliphatic carbocycles. The van der Waals surface area contributed by atoms with Gasteiger partial charge in [0.15, 0.2) is 0 Å². The summed E-state index contributed by atoms with van der Waals surface area (Å²) < 4.78 is 21.0. The zero-order chi connectivity index (χ0) is 20.5. The Bertz CT molecular complexity index is 682. The van der Waals surface area contributed by atoms with Crippen LogP contribution in [0.2, 0.25) is 0 Å². The Labute approximate surface area is 167 Å². The standard InChI is InChI=1S/C23H35FO4/c1-5-22(26)11-8-17-16-12-19(24)23(27)13-15(28-14(2)25)6-9-21(23,4)18(16)7-10-20(17,22)3/h5,15-19,26-27H,1,6-13H2,2-4H3/t15-,16+,17+,18+,19-,20+,21-,22+,23+/m1/s1. The molecule has 0 amide bonds. The van der Waals surface area contributed by atoms with Crippen LogP contribution >= 0.6 is 0 Å². The number of ether oxygens (including phenoxy) is 1. The molecule has 0 saturated heterocycles. The van der Waals surface area contributed by atoms with Gasteiger partial charge in [-0.25, -0.2) is 4.39 Å². The van der Waals surface area contributed by atoms with Gasteiger partial charge < -0.3 is 14.9 Å². The summed E-state index contributed by atoms with van der Waals surface area (Å²) in [5, 5.41) is 22.7. The molecule has 0 aliphatic heterocycles. The van der Waals surface area contributed by atoms with Crippen LogP contribution in [-0.2, 0) is 9.53 Å². The monoisotopic (exact) mass is 394 g/mol. The Hall–Kier alpha value is -0.940. The van der Waals surface area contributed by atoms with Crippen LogP contribution in [0.25, 0.3) is 0 Å². The molecule has 0 aromatic heterocycles. The highest BCUT2D eigenvalue weighted by Crippen LogP contribution is 2.69. The van der Waals surface area contributed by atoms with Crippen molar-refractivity contribution in [1.29, 1.82) is 0 Å². The van der Waals surface area contributed by atoms with Crippen LogP contribution in [0.5, 0.6) is 0 Å². The molecule has 4 aliphatic rings. The van der Waals surface area contributed by atoms with E-state index in [2.05, 4.69) is 20.4 Å². The van der Waals surface area contributed by atoms with Crippen LogP contribution in [0.15, 0.2) is 12.7 Å². The number of esters is 1. The third kappa shape index (κ3) is 2.44. The van der Waals surface area contributed by atoms with E-state index in [9.17, 15) is 15.0 Å². The van der Waals surface area contributed by atoms with Gasteiger partial charge in [-0.05, 0) is 62.7 Å². The van der Waals surface area contributed by atoms with Crippen molar-refractivity contribution in [3.8, 4) is 0 Å². The van der Waals surface area contributed by atoms with Gasteiger partial charge in [-0.3, -0.25) is 4.79 Å². The van der Waals surface area contributed by atoms with E-state index in [4.69, 9.17) is 4.74 Å². The summed E-state index contributed by atoms with van der Waals surface area (Å²) in [6.45, 7) is 9.45. The maximum atomic E-state index is 15.6. The first-order chi connectivity index (χ1) is 13.0. The topological polar surface area (TPSA) is 66.8 Å². The van der Waals surface area contributed by atoms with Crippen LogP contribution in [0.3, 0.4) is 0 Å². The predicted molar refractivity (Wildman–Crippen MR) is 104 cm³/mol. The molecule has 0 unspecified atom stereocenters. The van der Waals surface area contributed by atoms with Crippen molar-refractivity contribution in [3.05, 3.63) is 12.7 Å². The Balaban J connectivity index is 1.65. The second-order valence-corrected chi connectivity index (χ2v) is 10.5. The van der Waals surface area contributed by atoms with E-state index in [1.807, 2.05) is 0 Å². The molecule has 0 spiro atoms. The summed E-state index contributed by atoms with van der Waals surface area (Å²) in [4.78, 5) is 11.4. The molecule has 4 rings (SSSR count). The van der Waals surface area contributed by atoms with Gasteiger partial charge in [0.1, 0.15) is 17.9 Å². The van der Waals surface area contributed by atoms with Crippen LogP contribution in [0.4, 0.5) is 4.39 Å². The maximum Gasteiger partial charge on any atom is 0.302 e. The molecule has 28 heavy (non-hydrogen) atoms. The van der Waals surface area contributed by atoms with Crippen molar-refractivity contribution in [1.82, 2.24) is 0 Å². The van der Waals surface area contributed by atoms with Crippen molar-refractivity contribution in [2.24, 2.45) is 28.6 Å². The third-order valence-corrected chi connectivity index (χ3v) is 9.65. The lowest BCUT2D eigenvalue weighted by Crippen LogP contribution is -2.68. The lowest BCUT2D eigenvalue weighted by Gasteiger charge is -2.65. The highest BCUT2D eigenvalue weighted by molar-refractivity contribution is 5.66. The largest absolute Gasteiger partial charge is 0.462 e. The van der Waals surface area contributed by atoms with E-state index in [0.29, 0.717) is 25.7 Å². The SMILES string of the molecule is C=C[C@]1(O)CC[C@H]2[C@@H]3C[C@@H](F)[C@@]4(O)C[C@H](OC(C)=O)CC[C@]4(C)[C@H]3CC[C@@]21C. The third-order valence-electron chi connectivity index (χ3n) is 9.65. The van der Waals surface area contributed by atoms with Crippen molar-refractivity contribution >= 4 is 5.97 Å². The molecule has 0 bridgehead atoms. The second-order valence-electron chi connectivity index (χ2n) is 10.5. The predicted octanol–water partition coefficient (Wildman–Crippen LogP) is 3.94. The molecule has 4 nitrogen and oxygen atoms in total. The fraction of sp³-hybridized carbons (Fsp3) is 0.870. The van der Waals surface area contributed by atoms with E-state index < -0.39 is 28.9 Å². The molecule has 5 heteroatoms. The molecule has 4 fully saturated rings. The Morgan fingerprint density at radius 1 is 1.11 bits per heavy atom. The van der Waals surface area contributed by atoms with Crippen LogP contribution in [0.1, 0.15) is 72.1 Å². The van der Waals surface area contributed by atoms with Gasteiger partial charge in [-0.2, -0.15) is 0 Å². The second kappa shape index (κ2) is 6.28. The van der Waals surface area contributed by atoms with Crippen LogP contribution in [-0.4, -0.2) is 39.7 Å². The highest BCUT2D eigenvalue weighted by Gasteiger charge is 2.69. The molecule has 0 aromatic carbocycles. The van der Waals surface area contributed by atoms with Gasteiger partial charge in [0.2, 0.25) is 0 Å². The van der Waals surface area contributed by atoms with Crippen molar-refractivity contribution in [2.45, 2.75) is 95.6 Å². The first-order valence-electron chi connectivity index (χ1n) is 10.9. The quantitative estimate of drug-likeness (QED) is 0.550. The summed E-state index contributed by atoms with van der Waals surface area (Å²) in [7, 11) is 0. The van der Waals surface area contributed by atoms with Crippen molar-refractivity contribution in [2.75, 3.05) is 0 Å². The van der Waals surface area contributed by atoms with Gasteiger partial charge in [-0.1, -0.05) is 19.9 Å². The van der Waals surface area contributed by atoms with E-state index >= 15 is 4.39 Å². The van der Waals surface area contributed by atoms with Gasteiger partial charge in [0.05, 0.1) is 5.60 Å².